The topological polar surface area (TPSA) is 0 Å². The summed E-state index contributed by atoms with van der Waals surface area (Å²) in [5.41, 5.74) is 6.39. The molecule has 0 fully saturated rings. The molecule has 0 radical (unpaired) electrons. The van der Waals surface area contributed by atoms with Crippen molar-refractivity contribution >= 4 is 30.3 Å². The number of fused-ring (bicyclic) bond motifs is 3. The summed E-state index contributed by atoms with van der Waals surface area (Å²) in [5.74, 6) is 0.298. The van der Waals surface area contributed by atoms with Gasteiger partial charge in [-0.25, -0.2) is 0 Å². The molecular formula is C43H32Cl2Zr-2. The predicted molar refractivity (Wildman–Crippen MR) is 185 cm³/mol. The van der Waals surface area contributed by atoms with E-state index in [1.165, 1.54) is 76.8 Å². The van der Waals surface area contributed by atoms with Crippen LogP contribution in [0.4, 0.5) is 0 Å². The molecule has 0 spiro atoms. The second kappa shape index (κ2) is 17.6. The van der Waals surface area contributed by atoms with Gasteiger partial charge < -0.3 is 24.8 Å². The van der Waals surface area contributed by atoms with E-state index < -0.39 is 0 Å². The number of hydrogen-bond acceptors (Lipinski definition) is 0. The summed E-state index contributed by atoms with van der Waals surface area (Å²) in [6.07, 6.45) is 7.89. The van der Waals surface area contributed by atoms with Crippen molar-refractivity contribution < 1.29 is 49.0 Å². The fourth-order valence-electron chi connectivity index (χ4n) is 5.39. The van der Waals surface area contributed by atoms with Crippen LogP contribution in [0.1, 0.15) is 28.2 Å². The van der Waals surface area contributed by atoms with E-state index in [2.05, 4.69) is 182 Å². The maximum absolute atomic E-state index is 3.53. The molecule has 0 aliphatic heterocycles. The van der Waals surface area contributed by atoms with Gasteiger partial charge in [-0.15, -0.1) is 63.5 Å². The van der Waals surface area contributed by atoms with Gasteiger partial charge in [0.05, 0.1) is 0 Å². The molecule has 1 atom stereocenters. The summed E-state index contributed by atoms with van der Waals surface area (Å²) in [6, 6.07) is 61.3. The Morgan fingerprint density at radius 1 is 0.500 bits per heavy atom. The summed E-state index contributed by atoms with van der Waals surface area (Å²) in [7, 11) is 0. The molecule has 7 aromatic carbocycles. The van der Waals surface area contributed by atoms with Gasteiger partial charge in [0.15, 0.2) is 0 Å². The number of allylic oxidation sites excluding steroid dienone is 4. The van der Waals surface area contributed by atoms with Crippen LogP contribution in [0.2, 0.25) is 0 Å². The van der Waals surface area contributed by atoms with Crippen molar-refractivity contribution in [3.05, 3.63) is 216 Å². The van der Waals surface area contributed by atoms with Gasteiger partial charge in [0.1, 0.15) is 0 Å². The molecule has 46 heavy (non-hydrogen) atoms. The van der Waals surface area contributed by atoms with E-state index >= 15 is 0 Å². The summed E-state index contributed by atoms with van der Waals surface area (Å²) in [6.45, 7) is 0. The number of hydrogen-bond donors (Lipinski definition) is 0. The average Bonchev–Trinajstić information content (AvgIpc) is 3.76. The maximum Gasteiger partial charge on any atom is -0.0771 e. The number of halogens is 2. The van der Waals surface area contributed by atoms with Gasteiger partial charge in [-0.05, 0) is 5.92 Å². The van der Waals surface area contributed by atoms with Crippen LogP contribution in [0, 0.1) is 6.08 Å². The molecule has 7 aromatic rings. The molecule has 1 unspecified atom stereocenters. The zero-order valence-corrected chi connectivity index (χ0v) is 29.2. The Balaban J connectivity index is 0.000000155. The van der Waals surface area contributed by atoms with Crippen molar-refractivity contribution in [2.24, 2.45) is 0 Å². The van der Waals surface area contributed by atoms with Crippen molar-refractivity contribution in [1.29, 1.82) is 0 Å². The van der Waals surface area contributed by atoms with Gasteiger partial charge in [0.2, 0.25) is 0 Å². The number of rotatable bonds is 4. The average molecular weight is 711 g/mol. The third kappa shape index (κ3) is 8.83. The quantitative estimate of drug-likeness (QED) is 0.232. The summed E-state index contributed by atoms with van der Waals surface area (Å²) in [4.78, 5) is 0. The largest absolute Gasteiger partial charge is 0.126 e. The van der Waals surface area contributed by atoms with Crippen LogP contribution in [-0.2, 0) is 24.2 Å². The first-order valence-corrected chi connectivity index (χ1v) is 16.1. The third-order valence-corrected chi connectivity index (χ3v) is 9.08. The standard InChI is InChI=1S/C17H13.C13H9.C13H10.2ClH.Zr/c1-3-7-14(8-4-1)16-11-12-17(13-16)15-9-5-2-6-10-15;1-3-7-12-10(5-1)9-11-6-2-4-8-13(11)12;1-3-7-12(8-4-1)11-13-9-5-2-6-10-13;;;/h1-12,16H;1-9H;1-10H;2*1H;/q2*-1;;;;+2/p-2. The molecule has 0 saturated carbocycles. The summed E-state index contributed by atoms with van der Waals surface area (Å²) >= 11 is 1.46. The second-order valence-corrected chi connectivity index (χ2v) is 11.8. The SMILES string of the molecule is [C-]1=C(c2ccccc2)C=CC1c1ccccc1.[Cl-].[Cl-].[Zr+2]=[C](c1ccccc1)c1ccccc1.c1ccc2c(c1)[cH-]c1ccccc12. The van der Waals surface area contributed by atoms with Crippen LogP contribution < -0.4 is 24.8 Å². The first-order chi connectivity index (χ1) is 21.8. The summed E-state index contributed by atoms with van der Waals surface area (Å²) in [5, 5.41) is 5.39. The van der Waals surface area contributed by atoms with Gasteiger partial charge in [-0.1, -0.05) is 90.5 Å². The molecule has 8 rings (SSSR count). The van der Waals surface area contributed by atoms with Gasteiger partial charge in [0, 0.05) is 0 Å². The molecule has 3 heteroatoms. The molecule has 0 amide bonds. The van der Waals surface area contributed by atoms with Gasteiger partial charge in [-0.3, -0.25) is 0 Å². The second-order valence-electron chi connectivity index (χ2n) is 10.6. The molecule has 0 N–H and O–H groups in total. The Labute approximate surface area is 299 Å². The first kappa shape index (κ1) is 34.9. The normalized spacial score (nSPS) is 12.8. The minimum Gasteiger partial charge on any atom is -0.126 e. The van der Waals surface area contributed by atoms with E-state index in [0.29, 0.717) is 5.92 Å². The molecule has 0 aromatic heterocycles. The molecule has 0 saturated heterocycles. The van der Waals surface area contributed by atoms with E-state index in [1.807, 2.05) is 12.1 Å². The zero-order valence-electron chi connectivity index (χ0n) is 25.2. The van der Waals surface area contributed by atoms with Crippen molar-refractivity contribution in [1.82, 2.24) is 0 Å². The molecule has 0 nitrogen and oxygen atoms in total. The van der Waals surface area contributed by atoms with E-state index in [1.54, 1.807) is 0 Å². The maximum atomic E-state index is 3.53. The van der Waals surface area contributed by atoms with E-state index in [9.17, 15) is 0 Å². The Kier molecular flexibility index (Phi) is 13.4. The smallest absolute Gasteiger partial charge is 0.0771 e. The predicted octanol–water partition coefficient (Wildman–Crippen LogP) is 4.75. The Morgan fingerprint density at radius 2 is 0.913 bits per heavy atom. The van der Waals surface area contributed by atoms with Crippen LogP contribution in [0.15, 0.2) is 188 Å². The molecule has 1 aliphatic rings. The van der Waals surface area contributed by atoms with Crippen LogP contribution in [0.3, 0.4) is 0 Å². The molecule has 0 heterocycles. The monoisotopic (exact) mass is 708 g/mol. The van der Waals surface area contributed by atoms with Gasteiger partial charge in [0.25, 0.3) is 0 Å². The van der Waals surface area contributed by atoms with Crippen LogP contribution in [0.5, 0.6) is 0 Å². The number of benzene rings is 6. The first-order valence-electron chi connectivity index (χ1n) is 14.9. The minimum absolute atomic E-state index is 0. The molecular weight excluding hydrogens is 679 g/mol. The van der Waals surface area contributed by atoms with Crippen LogP contribution in [0.25, 0.3) is 27.1 Å². The van der Waals surface area contributed by atoms with Crippen molar-refractivity contribution in [3.8, 4) is 0 Å². The minimum atomic E-state index is 0. The fourth-order valence-corrected chi connectivity index (χ4v) is 6.21. The van der Waals surface area contributed by atoms with Gasteiger partial charge in [-0.2, -0.15) is 17.7 Å². The fraction of sp³-hybridized carbons (Fsp3) is 0.0233. The van der Waals surface area contributed by atoms with Crippen molar-refractivity contribution in [2.75, 3.05) is 0 Å². The van der Waals surface area contributed by atoms with Crippen LogP contribution in [-0.4, -0.2) is 3.21 Å². The summed E-state index contributed by atoms with van der Waals surface area (Å²) < 4.78 is 1.42. The van der Waals surface area contributed by atoms with Crippen molar-refractivity contribution in [3.63, 3.8) is 0 Å². The third-order valence-electron chi connectivity index (χ3n) is 7.66. The van der Waals surface area contributed by atoms with Gasteiger partial charge >= 0.3 is 99.2 Å². The Bertz CT molecular complexity index is 1920. The van der Waals surface area contributed by atoms with E-state index in [4.69, 9.17) is 0 Å². The molecule has 224 valence electrons. The van der Waals surface area contributed by atoms with Crippen LogP contribution >= 0.6 is 0 Å². The Morgan fingerprint density at radius 3 is 1.41 bits per heavy atom. The zero-order chi connectivity index (χ0) is 30.0. The molecule has 0 bridgehead atoms. The molecule has 1 aliphatic carbocycles. The van der Waals surface area contributed by atoms with Crippen molar-refractivity contribution in [2.45, 2.75) is 5.92 Å². The Hall–Kier alpha value is -4.00. The van der Waals surface area contributed by atoms with E-state index in [0.717, 1.165) is 0 Å². The van der Waals surface area contributed by atoms with E-state index in [-0.39, 0.29) is 24.8 Å².